The van der Waals surface area contributed by atoms with Gasteiger partial charge in [-0.05, 0) is 67.6 Å². The van der Waals surface area contributed by atoms with E-state index in [1.165, 1.54) is 4.90 Å². The highest BCUT2D eigenvalue weighted by Gasteiger charge is 2.18. The number of amides is 1. The molecule has 0 spiro atoms. The smallest absolute Gasteiger partial charge is 0.308 e. The molecule has 0 saturated carbocycles. The van der Waals surface area contributed by atoms with Crippen LogP contribution in [-0.2, 0) is 9.53 Å². The molecule has 110 valence electrons. The van der Waals surface area contributed by atoms with Gasteiger partial charge in [-0.15, -0.1) is 0 Å². The molecule has 0 aliphatic rings. The van der Waals surface area contributed by atoms with E-state index in [1.54, 1.807) is 19.2 Å². The van der Waals surface area contributed by atoms with Crippen LogP contribution in [-0.4, -0.2) is 36.0 Å². The average molecular weight is 389 g/mol. The number of nitrogens with zero attached hydrogens (tertiary/aromatic N) is 1. The summed E-state index contributed by atoms with van der Waals surface area (Å²) in [6.45, 7) is 5.82. The van der Waals surface area contributed by atoms with Crippen LogP contribution in [0.3, 0.4) is 0 Å². The molecule has 1 aromatic carbocycles. The fraction of sp³-hybridized carbons (Fsp3) is 0.467. The topological polar surface area (TPSA) is 46.6 Å². The molecule has 0 atom stereocenters. The van der Waals surface area contributed by atoms with Gasteiger partial charge in [-0.3, -0.25) is 9.59 Å². The summed E-state index contributed by atoms with van der Waals surface area (Å²) in [6, 6.07) is 7.34. The lowest BCUT2D eigenvalue weighted by Gasteiger charge is -2.21. The van der Waals surface area contributed by atoms with Crippen LogP contribution in [0.2, 0.25) is 0 Å². The number of halogens is 1. The Morgan fingerprint density at radius 1 is 1.20 bits per heavy atom. The molecule has 1 aromatic rings. The van der Waals surface area contributed by atoms with Crippen LogP contribution < -0.4 is 0 Å². The predicted octanol–water partition coefficient (Wildman–Crippen LogP) is 3.10. The van der Waals surface area contributed by atoms with Gasteiger partial charge in [0.2, 0.25) is 0 Å². The normalized spacial score (nSPS) is 11.1. The molecule has 0 radical (unpaired) electrons. The molecular weight excluding hydrogens is 369 g/mol. The van der Waals surface area contributed by atoms with Gasteiger partial charge >= 0.3 is 5.97 Å². The number of benzene rings is 1. The van der Waals surface area contributed by atoms with Crippen LogP contribution in [0.4, 0.5) is 0 Å². The van der Waals surface area contributed by atoms with E-state index in [0.29, 0.717) is 12.1 Å². The Morgan fingerprint density at radius 3 is 2.25 bits per heavy atom. The maximum Gasteiger partial charge on any atom is 0.308 e. The number of ether oxygens (including phenoxy) is 1. The molecule has 1 amide bonds. The van der Waals surface area contributed by atoms with Gasteiger partial charge in [0.25, 0.3) is 5.91 Å². The standard InChI is InChI=1S/C15H20INO3/c1-15(2,3)20-13(18)9-10-17(4)14(19)11-5-7-12(16)8-6-11/h5-8H,9-10H2,1-4H3. The Hall–Kier alpha value is -1.11. The van der Waals surface area contributed by atoms with E-state index in [4.69, 9.17) is 4.74 Å². The van der Waals surface area contributed by atoms with Crippen molar-refractivity contribution in [1.82, 2.24) is 4.90 Å². The number of hydrogen-bond donors (Lipinski definition) is 0. The van der Waals surface area contributed by atoms with Crippen molar-refractivity contribution in [2.45, 2.75) is 32.8 Å². The maximum atomic E-state index is 12.1. The van der Waals surface area contributed by atoms with E-state index >= 15 is 0 Å². The first kappa shape index (κ1) is 16.9. The lowest BCUT2D eigenvalue weighted by molar-refractivity contribution is -0.154. The van der Waals surface area contributed by atoms with Gasteiger partial charge in [0.15, 0.2) is 0 Å². The fourth-order valence-electron chi connectivity index (χ4n) is 1.57. The Balaban J connectivity index is 2.50. The highest BCUT2D eigenvalue weighted by atomic mass is 127. The highest BCUT2D eigenvalue weighted by Crippen LogP contribution is 2.11. The third-order valence-corrected chi connectivity index (χ3v) is 3.23. The minimum Gasteiger partial charge on any atom is -0.460 e. The van der Waals surface area contributed by atoms with Crippen molar-refractivity contribution in [2.75, 3.05) is 13.6 Å². The number of carbonyl (C=O) groups excluding carboxylic acids is 2. The van der Waals surface area contributed by atoms with Gasteiger partial charge in [0, 0.05) is 22.7 Å². The monoisotopic (exact) mass is 389 g/mol. The van der Waals surface area contributed by atoms with Crippen LogP contribution in [0.5, 0.6) is 0 Å². The Labute approximate surface area is 133 Å². The number of rotatable bonds is 4. The van der Waals surface area contributed by atoms with Crippen LogP contribution >= 0.6 is 22.6 Å². The summed E-state index contributed by atoms with van der Waals surface area (Å²) in [7, 11) is 1.69. The Kier molecular flexibility index (Phi) is 5.98. The van der Waals surface area contributed by atoms with Gasteiger partial charge < -0.3 is 9.64 Å². The van der Waals surface area contributed by atoms with E-state index in [9.17, 15) is 9.59 Å². The third-order valence-electron chi connectivity index (χ3n) is 2.51. The lowest BCUT2D eigenvalue weighted by atomic mass is 10.2. The van der Waals surface area contributed by atoms with Gasteiger partial charge in [0.05, 0.1) is 6.42 Å². The molecule has 0 aromatic heterocycles. The number of carbonyl (C=O) groups is 2. The zero-order valence-electron chi connectivity index (χ0n) is 12.3. The minimum atomic E-state index is -0.490. The molecule has 5 heteroatoms. The van der Waals surface area contributed by atoms with Gasteiger partial charge in [0.1, 0.15) is 5.60 Å². The molecule has 0 aliphatic heterocycles. The van der Waals surface area contributed by atoms with E-state index in [0.717, 1.165) is 3.57 Å². The molecule has 0 unspecified atom stereocenters. The molecular formula is C15H20INO3. The summed E-state index contributed by atoms with van der Waals surface area (Å²) in [5, 5.41) is 0. The number of esters is 1. The summed E-state index contributed by atoms with van der Waals surface area (Å²) < 4.78 is 6.29. The SMILES string of the molecule is CN(CCC(=O)OC(C)(C)C)C(=O)c1ccc(I)cc1. The molecule has 0 heterocycles. The first-order chi connectivity index (χ1) is 9.19. The van der Waals surface area contributed by atoms with E-state index < -0.39 is 5.60 Å². The largest absolute Gasteiger partial charge is 0.460 e. The van der Waals surface area contributed by atoms with Crippen LogP contribution in [0.25, 0.3) is 0 Å². The van der Waals surface area contributed by atoms with Crippen molar-refractivity contribution in [3.8, 4) is 0 Å². The van der Waals surface area contributed by atoms with E-state index in [2.05, 4.69) is 22.6 Å². The second-order valence-corrected chi connectivity index (χ2v) is 6.82. The van der Waals surface area contributed by atoms with Crippen molar-refractivity contribution in [3.05, 3.63) is 33.4 Å². The van der Waals surface area contributed by atoms with Crippen molar-refractivity contribution in [3.63, 3.8) is 0 Å². The van der Waals surface area contributed by atoms with Gasteiger partial charge in [-0.25, -0.2) is 0 Å². The lowest BCUT2D eigenvalue weighted by Crippen LogP contribution is -2.31. The zero-order valence-corrected chi connectivity index (χ0v) is 14.4. The molecule has 0 aliphatic carbocycles. The second-order valence-electron chi connectivity index (χ2n) is 5.57. The number of hydrogen-bond acceptors (Lipinski definition) is 3. The third kappa shape index (κ3) is 5.90. The van der Waals surface area contributed by atoms with Crippen LogP contribution in [0.1, 0.15) is 37.6 Å². The molecule has 0 bridgehead atoms. The van der Waals surface area contributed by atoms with Crippen molar-refractivity contribution in [1.29, 1.82) is 0 Å². The fourth-order valence-corrected chi connectivity index (χ4v) is 1.93. The quantitative estimate of drug-likeness (QED) is 0.588. The minimum absolute atomic E-state index is 0.0926. The highest BCUT2D eigenvalue weighted by molar-refractivity contribution is 14.1. The summed E-state index contributed by atoms with van der Waals surface area (Å²) in [6.07, 6.45) is 0.198. The first-order valence-corrected chi connectivity index (χ1v) is 7.50. The van der Waals surface area contributed by atoms with Crippen molar-refractivity contribution >= 4 is 34.5 Å². The van der Waals surface area contributed by atoms with Gasteiger partial charge in [-0.2, -0.15) is 0 Å². The van der Waals surface area contributed by atoms with Crippen molar-refractivity contribution in [2.24, 2.45) is 0 Å². The molecule has 1 rings (SSSR count). The molecule has 0 saturated heterocycles. The van der Waals surface area contributed by atoms with Gasteiger partial charge in [-0.1, -0.05) is 0 Å². The summed E-state index contributed by atoms with van der Waals surface area (Å²) in [4.78, 5) is 25.3. The zero-order chi connectivity index (χ0) is 15.3. The summed E-state index contributed by atoms with van der Waals surface area (Å²) >= 11 is 2.19. The Morgan fingerprint density at radius 2 is 1.75 bits per heavy atom. The molecule has 0 fully saturated rings. The molecule has 4 nitrogen and oxygen atoms in total. The van der Waals surface area contributed by atoms with E-state index in [1.807, 2.05) is 32.9 Å². The maximum absolute atomic E-state index is 12.1. The van der Waals surface area contributed by atoms with Crippen molar-refractivity contribution < 1.29 is 14.3 Å². The van der Waals surface area contributed by atoms with E-state index in [-0.39, 0.29) is 18.3 Å². The predicted molar refractivity (Wildman–Crippen MR) is 86.6 cm³/mol. The second kappa shape index (κ2) is 7.06. The van der Waals surface area contributed by atoms with Crippen LogP contribution in [0.15, 0.2) is 24.3 Å². The molecule has 20 heavy (non-hydrogen) atoms. The summed E-state index contributed by atoms with van der Waals surface area (Å²) in [5.41, 5.74) is 0.132. The summed E-state index contributed by atoms with van der Waals surface area (Å²) in [5.74, 6) is -0.385. The van der Waals surface area contributed by atoms with Crippen LogP contribution in [0, 0.1) is 3.57 Å². The molecule has 0 N–H and O–H groups in total. The average Bonchev–Trinajstić information content (AvgIpc) is 2.34. The first-order valence-electron chi connectivity index (χ1n) is 6.42. The Bertz CT molecular complexity index is 477.